The number of likely N-dealkylation sites (N-methyl/N-ethyl adjacent to an activating group) is 1. The second-order valence-electron chi connectivity index (χ2n) is 2.48. The fourth-order valence-electron chi connectivity index (χ4n) is 0.760. The van der Waals surface area contributed by atoms with Gasteiger partial charge in [-0.05, 0) is 19.5 Å². The smallest absolute Gasteiger partial charge is 0.0199 e. The summed E-state index contributed by atoms with van der Waals surface area (Å²) in [5.41, 5.74) is 8.12. The third kappa shape index (κ3) is 4.79. The highest BCUT2D eigenvalue weighted by Gasteiger charge is 1.95. The number of hydrogen-bond donors (Lipinski definition) is 1. The summed E-state index contributed by atoms with van der Waals surface area (Å²) in [5, 5.41) is 0. The van der Waals surface area contributed by atoms with E-state index >= 15 is 0 Å². The van der Waals surface area contributed by atoms with Crippen molar-refractivity contribution in [3.63, 3.8) is 0 Å². The van der Waals surface area contributed by atoms with Gasteiger partial charge < -0.3 is 10.6 Å². The van der Waals surface area contributed by atoms with Crippen LogP contribution in [0.2, 0.25) is 0 Å². The van der Waals surface area contributed by atoms with Crippen molar-refractivity contribution in [2.24, 2.45) is 5.73 Å². The molecule has 0 spiro atoms. The summed E-state index contributed by atoms with van der Waals surface area (Å²) >= 11 is 5.48. The fraction of sp³-hybridized carbons (Fsp3) is 0.714. The molecule has 0 heterocycles. The third-order valence-electron chi connectivity index (χ3n) is 1.22. The SMILES string of the molecule is C/C(=C\Cl)CN(C)CCN. The van der Waals surface area contributed by atoms with E-state index < -0.39 is 0 Å². The van der Waals surface area contributed by atoms with Crippen LogP contribution in [0.3, 0.4) is 0 Å². The first-order chi connectivity index (χ1) is 4.70. The van der Waals surface area contributed by atoms with Crippen LogP contribution < -0.4 is 5.73 Å². The number of nitrogens with two attached hydrogens (primary N) is 1. The van der Waals surface area contributed by atoms with Gasteiger partial charge in [0.15, 0.2) is 0 Å². The van der Waals surface area contributed by atoms with Gasteiger partial charge in [-0.15, -0.1) is 0 Å². The minimum absolute atomic E-state index is 0.700. The summed E-state index contributed by atoms with van der Waals surface area (Å²) in [6.45, 7) is 4.52. The topological polar surface area (TPSA) is 29.3 Å². The lowest BCUT2D eigenvalue weighted by Crippen LogP contribution is -2.26. The molecule has 0 radical (unpaired) electrons. The molecular weight excluding hydrogens is 148 g/mol. The summed E-state index contributed by atoms with van der Waals surface area (Å²) in [6.07, 6.45) is 0. The summed E-state index contributed by atoms with van der Waals surface area (Å²) in [7, 11) is 2.02. The zero-order valence-corrected chi connectivity index (χ0v) is 7.36. The van der Waals surface area contributed by atoms with Crippen molar-refractivity contribution in [2.45, 2.75) is 6.92 Å². The average molecular weight is 163 g/mol. The molecule has 0 fully saturated rings. The maximum absolute atomic E-state index is 5.48. The van der Waals surface area contributed by atoms with E-state index in [1.165, 1.54) is 0 Å². The Balaban J connectivity index is 3.47. The first-order valence-electron chi connectivity index (χ1n) is 3.35. The Morgan fingerprint density at radius 1 is 1.70 bits per heavy atom. The first kappa shape index (κ1) is 9.95. The van der Waals surface area contributed by atoms with E-state index in [0.29, 0.717) is 6.54 Å². The lowest BCUT2D eigenvalue weighted by Gasteiger charge is -2.14. The van der Waals surface area contributed by atoms with Crippen LogP contribution >= 0.6 is 11.6 Å². The van der Waals surface area contributed by atoms with Crippen molar-refractivity contribution >= 4 is 11.6 Å². The maximum Gasteiger partial charge on any atom is 0.0199 e. The van der Waals surface area contributed by atoms with Crippen LogP contribution in [0.25, 0.3) is 0 Å². The van der Waals surface area contributed by atoms with Gasteiger partial charge in [-0.2, -0.15) is 0 Å². The van der Waals surface area contributed by atoms with E-state index in [2.05, 4.69) is 4.90 Å². The summed E-state index contributed by atoms with van der Waals surface area (Å²) in [4.78, 5) is 2.13. The highest BCUT2D eigenvalue weighted by atomic mass is 35.5. The summed E-state index contributed by atoms with van der Waals surface area (Å²) in [6, 6.07) is 0. The van der Waals surface area contributed by atoms with E-state index in [0.717, 1.165) is 18.7 Å². The molecule has 0 atom stereocenters. The van der Waals surface area contributed by atoms with Gasteiger partial charge in [0.2, 0.25) is 0 Å². The van der Waals surface area contributed by atoms with Gasteiger partial charge >= 0.3 is 0 Å². The Bertz CT molecular complexity index is 112. The van der Waals surface area contributed by atoms with E-state index in [1.54, 1.807) is 5.54 Å². The van der Waals surface area contributed by atoms with Gasteiger partial charge in [-0.1, -0.05) is 11.6 Å². The molecule has 0 saturated heterocycles. The largest absolute Gasteiger partial charge is 0.329 e. The Kier molecular flexibility index (Phi) is 5.69. The number of halogens is 1. The van der Waals surface area contributed by atoms with Gasteiger partial charge in [-0.25, -0.2) is 0 Å². The van der Waals surface area contributed by atoms with Gasteiger partial charge in [-0.3, -0.25) is 0 Å². The molecular formula is C7H15ClN2. The predicted molar refractivity (Wildman–Crippen MR) is 46.2 cm³/mol. The molecule has 60 valence electrons. The van der Waals surface area contributed by atoms with E-state index in [1.807, 2.05) is 14.0 Å². The van der Waals surface area contributed by atoms with Gasteiger partial charge in [0.05, 0.1) is 0 Å². The Labute approximate surface area is 67.6 Å². The van der Waals surface area contributed by atoms with Crippen LogP contribution in [0, 0.1) is 0 Å². The second-order valence-corrected chi connectivity index (χ2v) is 2.70. The monoisotopic (exact) mass is 162 g/mol. The van der Waals surface area contributed by atoms with Crippen LogP contribution in [-0.4, -0.2) is 31.6 Å². The molecule has 0 bridgehead atoms. The third-order valence-corrected chi connectivity index (χ3v) is 1.59. The molecule has 0 aromatic rings. The van der Waals surface area contributed by atoms with Crippen LogP contribution in [0.4, 0.5) is 0 Å². The van der Waals surface area contributed by atoms with Gasteiger partial charge in [0.1, 0.15) is 0 Å². The quantitative estimate of drug-likeness (QED) is 0.669. The summed E-state index contributed by atoms with van der Waals surface area (Å²) < 4.78 is 0. The normalized spacial score (nSPS) is 12.7. The zero-order chi connectivity index (χ0) is 7.98. The van der Waals surface area contributed by atoms with Gasteiger partial charge in [0.25, 0.3) is 0 Å². The van der Waals surface area contributed by atoms with E-state index in [4.69, 9.17) is 17.3 Å². The minimum Gasteiger partial charge on any atom is -0.329 e. The van der Waals surface area contributed by atoms with Crippen molar-refractivity contribution in [3.8, 4) is 0 Å². The van der Waals surface area contributed by atoms with Crippen LogP contribution in [0.15, 0.2) is 11.1 Å². The molecule has 0 aromatic carbocycles. The number of nitrogens with zero attached hydrogens (tertiary/aromatic N) is 1. The van der Waals surface area contributed by atoms with Crippen molar-refractivity contribution in [3.05, 3.63) is 11.1 Å². The lowest BCUT2D eigenvalue weighted by molar-refractivity contribution is 0.372. The lowest BCUT2D eigenvalue weighted by atomic mass is 10.3. The van der Waals surface area contributed by atoms with Crippen molar-refractivity contribution in [1.82, 2.24) is 4.90 Å². The molecule has 0 aromatic heterocycles. The standard InChI is InChI=1S/C7H15ClN2/c1-7(5-8)6-10(2)4-3-9/h5H,3-4,6,9H2,1-2H3/b7-5+. The predicted octanol–water partition coefficient (Wildman–Crippen LogP) is 1.02. The molecule has 0 amide bonds. The van der Waals surface area contributed by atoms with Crippen molar-refractivity contribution in [1.29, 1.82) is 0 Å². The molecule has 2 nitrogen and oxygen atoms in total. The maximum atomic E-state index is 5.48. The number of rotatable bonds is 4. The molecule has 0 aliphatic carbocycles. The summed E-state index contributed by atoms with van der Waals surface area (Å²) in [5.74, 6) is 0. The van der Waals surface area contributed by atoms with Crippen LogP contribution in [-0.2, 0) is 0 Å². The molecule has 0 rings (SSSR count). The fourth-order valence-corrected chi connectivity index (χ4v) is 0.829. The van der Waals surface area contributed by atoms with Crippen LogP contribution in [0.5, 0.6) is 0 Å². The average Bonchev–Trinajstić information content (AvgIpc) is 1.88. The Hall–Kier alpha value is -0.0500. The molecule has 10 heavy (non-hydrogen) atoms. The molecule has 3 heteroatoms. The zero-order valence-electron chi connectivity index (χ0n) is 6.60. The molecule has 0 aliphatic rings. The van der Waals surface area contributed by atoms with Gasteiger partial charge in [0, 0.05) is 25.2 Å². The molecule has 0 saturated carbocycles. The highest BCUT2D eigenvalue weighted by molar-refractivity contribution is 6.25. The minimum atomic E-state index is 0.700. The van der Waals surface area contributed by atoms with E-state index in [-0.39, 0.29) is 0 Å². The van der Waals surface area contributed by atoms with Crippen LogP contribution in [0.1, 0.15) is 6.92 Å². The molecule has 0 unspecified atom stereocenters. The number of hydrogen-bond acceptors (Lipinski definition) is 2. The first-order valence-corrected chi connectivity index (χ1v) is 3.78. The van der Waals surface area contributed by atoms with E-state index in [9.17, 15) is 0 Å². The Morgan fingerprint density at radius 2 is 2.30 bits per heavy atom. The van der Waals surface area contributed by atoms with Crippen molar-refractivity contribution < 1.29 is 0 Å². The molecule has 2 N–H and O–H groups in total. The second kappa shape index (κ2) is 5.71. The highest BCUT2D eigenvalue weighted by Crippen LogP contribution is 1.96. The Morgan fingerprint density at radius 3 is 2.70 bits per heavy atom. The van der Waals surface area contributed by atoms with Crippen molar-refractivity contribution in [2.75, 3.05) is 26.7 Å². The molecule has 0 aliphatic heterocycles.